The van der Waals surface area contributed by atoms with E-state index in [1.54, 1.807) is 14.0 Å². The van der Waals surface area contributed by atoms with Gasteiger partial charge in [-0.1, -0.05) is 13.8 Å². The Morgan fingerprint density at radius 1 is 1.35 bits per heavy atom. The molecule has 1 amide bonds. The molecule has 2 unspecified atom stereocenters. The monoisotopic (exact) mass is 362 g/mol. The van der Waals surface area contributed by atoms with Crippen molar-refractivity contribution in [2.75, 3.05) is 38.7 Å². The number of ether oxygens (including phenoxy) is 2. The van der Waals surface area contributed by atoms with Crippen LogP contribution in [0.25, 0.3) is 0 Å². The molecular formula is C21H34N2O3. The van der Waals surface area contributed by atoms with Crippen molar-refractivity contribution in [1.82, 2.24) is 4.90 Å². The number of rotatable bonds is 9. The number of benzene rings is 1. The summed E-state index contributed by atoms with van der Waals surface area (Å²) in [6.07, 6.45) is 4.33. The molecule has 1 aromatic rings. The molecule has 5 nitrogen and oxygen atoms in total. The fourth-order valence-corrected chi connectivity index (χ4v) is 3.26. The van der Waals surface area contributed by atoms with Gasteiger partial charge in [0, 0.05) is 25.9 Å². The number of likely N-dealkylation sites (tertiary alicyclic amines) is 1. The third-order valence-corrected chi connectivity index (χ3v) is 5.35. The highest BCUT2D eigenvalue weighted by molar-refractivity contribution is 5.97. The number of hydrogen-bond donors (Lipinski definition) is 1. The molecule has 1 fully saturated rings. The van der Waals surface area contributed by atoms with E-state index < -0.39 is 5.60 Å². The summed E-state index contributed by atoms with van der Waals surface area (Å²) in [6, 6.07) is 7.53. The van der Waals surface area contributed by atoms with Crippen LogP contribution in [0.15, 0.2) is 24.3 Å². The topological polar surface area (TPSA) is 50.8 Å². The number of nitrogens with one attached hydrogen (secondary N) is 1. The summed E-state index contributed by atoms with van der Waals surface area (Å²) in [6.45, 7) is 10.3. The first-order chi connectivity index (χ1) is 12.5. The Bertz CT molecular complexity index is 555. The SMILES string of the molecule is CCC(C)(OC)C(=O)Nc1ccc(OCCCN2CCCC(C)C2)cc1. The Hall–Kier alpha value is -1.59. The van der Waals surface area contributed by atoms with Crippen LogP contribution < -0.4 is 10.1 Å². The van der Waals surface area contributed by atoms with Crippen LogP contribution in [0.3, 0.4) is 0 Å². The number of anilines is 1. The highest BCUT2D eigenvalue weighted by atomic mass is 16.5. The van der Waals surface area contributed by atoms with Gasteiger partial charge in [-0.2, -0.15) is 0 Å². The largest absolute Gasteiger partial charge is 0.494 e. The van der Waals surface area contributed by atoms with E-state index in [9.17, 15) is 4.79 Å². The molecule has 1 N–H and O–H groups in total. The van der Waals surface area contributed by atoms with Crippen molar-refractivity contribution in [2.45, 2.75) is 52.1 Å². The summed E-state index contributed by atoms with van der Waals surface area (Å²) in [5.41, 5.74) is -0.0532. The van der Waals surface area contributed by atoms with Crippen LogP contribution in [0.2, 0.25) is 0 Å². The van der Waals surface area contributed by atoms with Gasteiger partial charge in [-0.3, -0.25) is 4.79 Å². The van der Waals surface area contributed by atoms with Crippen molar-refractivity contribution in [3.05, 3.63) is 24.3 Å². The molecule has 1 heterocycles. The van der Waals surface area contributed by atoms with Gasteiger partial charge in [-0.15, -0.1) is 0 Å². The fourth-order valence-electron chi connectivity index (χ4n) is 3.26. The number of methoxy groups -OCH3 is 1. The molecule has 1 aromatic carbocycles. The standard InChI is InChI=1S/C21H34N2O3/c1-5-21(3,25-4)20(24)22-18-9-11-19(12-10-18)26-15-7-14-23-13-6-8-17(2)16-23/h9-12,17H,5-8,13-16H2,1-4H3,(H,22,24). The van der Waals surface area contributed by atoms with E-state index in [1.165, 1.54) is 25.9 Å². The zero-order valence-corrected chi connectivity index (χ0v) is 16.7. The number of amides is 1. The highest BCUT2D eigenvalue weighted by Crippen LogP contribution is 2.20. The van der Waals surface area contributed by atoms with Gasteiger partial charge < -0.3 is 19.7 Å². The van der Waals surface area contributed by atoms with E-state index in [1.807, 2.05) is 31.2 Å². The lowest BCUT2D eigenvalue weighted by atomic mass is 10.0. The van der Waals surface area contributed by atoms with Gasteiger partial charge in [-0.05, 0) is 69.3 Å². The summed E-state index contributed by atoms with van der Waals surface area (Å²) in [5.74, 6) is 1.52. The predicted molar refractivity (Wildman–Crippen MR) is 106 cm³/mol. The van der Waals surface area contributed by atoms with E-state index in [0.717, 1.165) is 30.3 Å². The van der Waals surface area contributed by atoms with Crippen molar-refractivity contribution in [3.63, 3.8) is 0 Å². The first kappa shape index (κ1) is 20.7. The fraction of sp³-hybridized carbons (Fsp3) is 0.667. The third kappa shape index (κ3) is 5.99. The third-order valence-electron chi connectivity index (χ3n) is 5.35. The Morgan fingerprint density at radius 2 is 2.08 bits per heavy atom. The number of nitrogens with zero attached hydrogens (tertiary/aromatic N) is 1. The first-order valence-electron chi connectivity index (χ1n) is 9.78. The van der Waals surface area contributed by atoms with E-state index in [2.05, 4.69) is 17.1 Å². The molecule has 0 bridgehead atoms. The molecule has 0 spiro atoms. The van der Waals surface area contributed by atoms with E-state index in [-0.39, 0.29) is 5.91 Å². The predicted octanol–water partition coefficient (Wildman–Crippen LogP) is 3.94. The van der Waals surface area contributed by atoms with Gasteiger partial charge in [-0.25, -0.2) is 0 Å². The van der Waals surface area contributed by atoms with Crippen molar-refractivity contribution in [1.29, 1.82) is 0 Å². The van der Waals surface area contributed by atoms with Crippen molar-refractivity contribution in [3.8, 4) is 5.75 Å². The van der Waals surface area contributed by atoms with Crippen LogP contribution in [0.4, 0.5) is 5.69 Å². The van der Waals surface area contributed by atoms with E-state index in [0.29, 0.717) is 13.0 Å². The summed E-state index contributed by atoms with van der Waals surface area (Å²) < 4.78 is 11.2. The molecule has 146 valence electrons. The van der Waals surface area contributed by atoms with Gasteiger partial charge in [0.2, 0.25) is 0 Å². The Balaban J connectivity index is 1.72. The number of piperidine rings is 1. The number of carbonyl (C=O) groups excluding carboxylic acids is 1. The van der Waals surface area contributed by atoms with Crippen molar-refractivity contribution in [2.24, 2.45) is 5.92 Å². The normalized spacial score (nSPS) is 20.4. The van der Waals surface area contributed by atoms with Crippen molar-refractivity contribution >= 4 is 11.6 Å². The molecule has 0 radical (unpaired) electrons. The van der Waals surface area contributed by atoms with E-state index >= 15 is 0 Å². The maximum absolute atomic E-state index is 12.3. The van der Waals surface area contributed by atoms with Crippen LogP contribution in [0.5, 0.6) is 5.75 Å². The molecule has 1 aliphatic heterocycles. The molecule has 0 aromatic heterocycles. The summed E-state index contributed by atoms with van der Waals surface area (Å²) >= 11 is 0. The van der Waals surface area contributed by atoms with Gasteiger partial charge in [0.25, 0.3) is 5.91 Å². The summed E-state index contributed by atoms with van der Waals surface area (Å²) in [5, 5.41) is 2.90. The average Bonchev–Trinajstić information content (AvgIpc) is 2.66. The quantitative estimate of drug-likeness (QED) is 0.676. The molecule has 2 atom stereocenters. The number of carbonyl (C=O) groups is 1. The van der Waals surface area contributed by atoms with Crippen LogP contribution in [-0.2, 0) is 9.53 Å². The molecule has 5 heteroatoms. The Kier molecular flexibility index (Phi) is 7.91. The van der Waals surface area contributed by atoms with Gasteiger partial charge in [0.05, 0.1) is 6.61 Å². The van der Waals surface area contributed by atoms with Crippen LogP contribution in [0, 0.1) is 5.92 Å². The maximum Gasteiger partial charge on any atom is 0.256 e. The second-order valence-electron chi connectivity index (χ2n) is 7.52. The smallest absolute Gasteiger partial charge is 0.256 e. The zero-order chi connectivity index (χ0) is 19.0. The Labute approximate surface area is 158 Å². The van der Waals surface area contributed by atoms with Gasteiger partial charge in [0.15, 0.2) is 0 Å². The second-order valence-corrected chi connectivity index (χ2v) is 7.52. The minimum absolute atomic E-state index is 0.132. The second kappa shape index (κ2) is 9.93. The average molecular weight is 363 g/mol. The summed E-state index contributed by atoms with van der Waals surface area (Å²) in [7, 11) is 1.56. The lowest BCUT2D eigenvalue weighted by Gasteiger charge is -2.30. The van der Waals surface area contributed by atoms with Crippen LogP contribution in [0.1, 0.15) is 46.5 Å². The van der Waals surface area contributed by atoms with Crippen LogP contribution in [-0.4, -0.2) is 49.8 Å². The molecule has 2 rings (SSSR count). The number of hydrogen-bond acceptors (Lipinski definition) is 4. The minimum Gasteiger partial charge on any atom is -0.494 e. The minimum atomic E-state index is -0.804. The lowest BCUT2D eigenvalue weighted by Crippen LogP contribution is -2.41. The lowest BCUT2D eigenvalue weighted by molar-refractivity contribution is -0.136. The van der Waals surface area contributed by atoms with Crippen LogP contribution >= 0.6 is 0 Å². The molecule has 26 heavy (non-hydrogen) atoms. The zero-order valence-electron chi connectivity index (χ0n) is 16.7. The first-order valence-corrected chi connectivity index (χ1v) is 9.78. The highest BCUT2D eigenvalue weighted by Gasteiger charge is 2.30. The summed E-state index contributed by atoms with van der Waals surface area (Å²) in [4.78, 5) is 14.8. The molecule has 0 saturated carbocycles. The van der Waals surface area contributed by atoms with Gasteiger partial charge in [0.1, 0.15) is 11.4 Å². The maximum atomic E-state index is 12.3. The van der Waals surface area contributed by atoms with Crippen molar-refractivity contribution < 1.29 is 14.3 Å². The molecule has 1 aliphatic rings. The molecule has 1 saturated heterocycles. The molecular weight excluding hydrogens is 328 g/mol. The molecule has 0 aliphatic carbocycles. The Morgan fingerprint density at radius 3 is 2.69 bits per heavy atom. The van der Waals surface area contributed by atoms with Gasteiger partial charge >= 0.3 is 0 Å². The van der Waals surface area contributed by atoms with E-state index in [4.69, 9.17) is 9.47 Å².